The van der Waals surface area contributed by atoms with E-state index in [2.05, 4.69) is 31.7 Å². The van der Waals surface area contributed by atoms with Gasteiger partial charge in [-0.15, -0.1) is 6.58 Å². The second-order valence-corrected chi connectivity index (χ2v) is 4.76. The Morgan fingerprint density at radius 3 is 2.47 bits per heavy atom. The molecule has 19 heavy (non-hydrogen) atoms. The molecular formula is C17H18O2. The Hall–Kier alpha value is -2.09. The number of carboxylic acids is 1. The zero-order valence-corrected chi connectivity index (χ0v) is 11.1. The van der Waals surface area contributed by atoms with E-state index in [1.54, 1.807) is 6.08 Å². The summed E-state index contributed by atoms with van der Waals surface area (Å²) in [4.78, 5) is 10.5. The second-order valence-electron chi connectivity index (χ2n) is 4.76. The lowest BCUT2D eigenvalue weighted by Gasteiger charge is -2.28. The fourth-order valence-corrected chi connectivity index (χ4v) is 2.48. The topological polar surface area (TPSA) is 37.3 Å². The predicted molar refractivity (Wildman–Crippen MR) is 78.0 cm³/mol. The zero-order chi connectivity index (χ0) is 13.9. The lowest BCUT2D eigenvalue weighted by molar-refractivity contribution is -0.131. The van der Waals surface area contributed by atoms with Crippen molar-refractivity contribution in [1.82, 2.24) is 0 Å². The number of carbonyl (C=O) groups is 1. The largest absolute Gasteiger partial charge is 0.478 e. The van der Waals surface area contributed by atoms with Gasteiger partial charge in [-0.05, 0) is 30.0 Å². The number of allylic oxidation sites excluding steroid dienone is 3. The van der Waals surface area contributed by atoms with Crippen molar-refractivity contribution in [2.45, 2.75) is 25.2 Å². The first kappa shape index (κ1) is 13.3. The molecule has 1 aromatic carbocycles. The van der Waals surface area contributed by atoms with E-state index in [0.29, 0.717) is 0 Å². The highest BCUT2D eigenvalue weighted by Crippen LogP contribution is 2.44. The molecule has 1 atom stereocenters. The third-order valence-electron chi connectivity index (χ3n) is 3.73. The molecule has 0 aromatic heterocycles. The standard InChI is InChI=1S/C17H18O2/c1-3-17(4-2,15-10-11-15)14-8-5-13(6-9-14)7-12-16(18)19/h3,5-10,12H,1,4,11H2,2H3,(H,18,19)/b12-7+. The van der Waals surface area contributed by atoms with Crippen LogP contribution in [0.1, 0.15) is 30.9 Å². The van der Waals surface area contributed by atoms with Gasteiger partial charge in [-0.3, -0.25) is 0 Å². The Morgan fingerprint density at radius 2 is 2.05 bits per heavy atom. The van der Waals surface area contributed by atoms with E-state index in [0.717, 1.165) is 24.5 Å². The first-order chi connectivity index (χ1) is 9.12. The summed E-state index contributed by atoms with van der Waals surface area (Å²) in [5.74, 6) is -0.929. The van der Waals surface area contributed by atoms with Gasteiger partial charge in [0, 0.05) is 11.5 Å². The highest BCUT2D eigenvalue weighted by molar-refractivity contribution is 5.85. The Kier molecular flexibility index (Phi) is 3.70. The van der Waals surface area contributed by atoms with Crippen LogP contribution in [0.5, 0.6) is 0 Å². The van der Waals surface area contributed by atoms with Crippen molar-refractivity contribution >= 4 is 12.0 Å². The highest BCUT2D eigenvalue weighted by Gasteiger charge is 2.34. The SMILES string of the molecule is C=CC(CC)(C1=CC1)c1ccc(/C=C/C(=O)O)cc1. The summed E-state index contributed by atoms with van der Waals surface area (Å²) in [6.45, 7) is 6.16. The number of aliphatic carboxylic acids is 1. The number of carboxylic acid groups (broad SMARTS) is 1. The molecule has 1 aliphatic carbocycles. The van der Waals surface area contributed by atoms with Crippen LogP contribution in [0.4, 0.5) is 0 Å². The quantitative estimate of drug-likeness (QED) is 0.616. The summed E-state index contributed by atoms with van der Waals surface area (Å²) >= 11 is 0. The number of benzene rings is 1. The maximum atomic E-state index is 10.5. The van der Waals surface area contributed by atoms with E-state index < -0.39 is 5.97 Å². The smallest absolute Gasteiger partial charge is 0.328 e. The monoisotopic (exact) mass is 254 g/mol. The molecule has 1 aromatic rings. The minimum Gasteiger partial charge on any atom is -0.478 e. The normalized spacial score (nSPS) is 16.8. The summed E-state index contributed by atoms with van der Waals surface area (Å²) in [7, 11) is 0. The van der Waals surface area contributed by atoms with Crippen molar-refractivity contribution in [2.75, 3.05) is 0 Å². The van der Waals surface area contributed by atoms with E-state index in [1.165, 1.54) is 11.1 Å². The molecule has 2 heteroatoms. The minimum absolute atomic E-state index is 0.0466. The fourth-order valence-electron chi connectivity index (χ4n) is 2.48. The van der Waals surface area contributed by atoms with Crippen LogP contribution in [0, 0.1) is 0 Å². The first-order valence-electron chi connectivity index (χ1n) is 6.47. The predicted octanol–water partition coefficient (Wildman–Crippen LogP) is 3.95. The molecule has 0 radical (unpaired) electrons. The van der Waals surface area contributed by atoms with Gasteiger partial charge < -0.3 is 5.11 Å². The van der Waals surface area contributed by atoms with Gasteiger partial charge in [-0.1, -0.05) is 48.9 Å². The summed E-state index contributed by atoms with van der Waals surface area (Å²) in [5, 5.41) is 8.61. The number of hydrogen-bond donors (Lipinski definition) is 1. The lowest BCUT2D eigenvalue weighted by Crippen LogP contribution is -2.21. The number of rotatable bonds is 6. The van der Waals surface area contributed by atoms with Gasteiger partial charge in [0.15, 0.2) is 0 Å². The van der Waals surface area contributed by atoms with E-state index in [9.17, 15) is 4.79 Å². The molecule has 1 unspecified atom stereocenters. The first-order valence-corrected chi connectivity index (χ1v) is 6.47. The molecule has 0 heterocycles. The van der Waals surface area contributed by atoms with Crippen LogP contribution in [0.2, 0.25) is 0 Å². The van der Waals surface area contributed by atoms with Crippen molar-refractivity contribution in [3.05, 3.63) is 65.8 Å². The van der Waals surface area contributed by atoms with Crippen LogP contribution in [-0.2, 0) is 10.2 Å². The van der Waals surface area contributed by atoms with Crippen LogP contribution < -0.4 is 0 Å². The van der Waals surface area contributed by atoms with Crippen LogP contribution in [0.25, 0.3) is 6.08 Å². The third-order valence-corrected chi connectivity index (χ3v) is 3.73. The van der Waals surface area contributed by atoms with Crippen molar-refractivity contribution in [3.63, 3.8) is 0 Å². The molecule has 0 fully saturated rings. The summed E-state index contributed by atoms with van der Waals surface area (Å²) < 4.78 is 0. The Morgan fingerprint density at radius 1 is 1.42 bits per heavy atom. The van der Waals surface area contributed by atoms with E-state index >= 15 is 0 Å². The van der Waals surface area contributed by atoms with Crippen LogP contribution in [0.15, 0.2) is 54.6 Å². The Labute approximate surface area is 113 Å². The van der Waals surface area contributed by atoms with Gasteiger partial charge in [0.05, 0.1) is 0 Å². The molecule has 0 spiro atoms. The molecule has 2 nitrogen and oxygen atoms in total. The van der Waals surface area contributed by atoms with E-state index in [-0.39, 0.29) is 5.41 Å². The summed E-state index contributed by atoms with van der Waals surface area (Å²) in [6.07, 6.45) is 9.08. The molecule has 0 bridgehead atoms. The van der Waals surface area contributed by atoms with Crippen molar-refractivity contribution < 1.29 is 9.90 Å². The van der Waals surface area contributed by atoms with Crippen LogP contribution in [0.3, 0.4) is 0 Å². The van der Waals surface area contributed by atoms with E-state index in [1.807, 2.05) is 18.2 Å². The maximum Gasteiger partial charge on any atom is 0.328 e. The number of hydrogen-bond acceptors (Lipinski definition) is 1. The average Bonchev–Trinajstić information content (AvgIpc) is 3.25. The second kappa shape index (κ2) is 5.27. The molecule has 0 saturated heterocycles. The van der Waals surface area contributed by atoms with Gasteiger partial charge in [-0.25, -0.2) is 4.79 Å². The molecule has 2 rings (SSSR count). The molecule has 1 aliphatic rings. The Bertz CT molecular complexity index is 549. The van der Waals surface area contributed by atoms with Crippen molar-refractivity contribution in [2.24, 2.45) is 0 Å². The van der Waals surface area contributed by atoms with Gasteiger partial charge in [-0.2, -0.15) is 0 Å². The summed E-state index contributed by atoms with van der Waals surface area (Å²) in [6, 6.07) is 8.02. The average molecular weight is 254 g/mol. The van der Waals surface area contributed by atoms with Crippen LogP contribution >= 0.6 is 0 Å². The molecule has 0 aliphatic heterocycles. The molecule has 0 amide bonds. The van der Waals surface area contributed by atoms with Crippen molar-refractivity contribution in [3.8, 4) is 0 Å². The fraction of sp³-hybridized carbons (Fsp3) is 0.235. The van der Waals surface area contributed by atoms with Crippen molar-refractivity contribution in [1.29, 1.82) is 0 Å². The third kappa shape index (κ3) is 2.68. The molecule has 0 saturated carbocycles. The molecule has 1 N–H and O–H groups in total. The highest BCUT2D eigenvalue weighted by atomic mass is 16.4. The minimum atomic E-state index is -0.929. The van der Waals surface area contributed by atoms with E-state index in [4.69, 9.17) is 5.11 Å². The molecular weight excluding hydrogens is 236 g/mol. The molecule has 98 valence electrons. The van der Waals surface area contributed by atoms with Gasteiger partial charge >= 0.3 is 5.97 Å². The van der Waals surface area contributed by atoms with Gasteiger partial charge in [0.2, 0.25) is 0 Å². The van der Waals surface area contributed by atoms with Gasteiger partial charge in [0.1, 0.15) is 0 Å². The maximum absolute atomic E-state index is 10.5. The van der Waals surface area contributed by atoms with Crippen LogP contribution in [-0.4, -0.2) is 11.1 Å². The Balaban J connectivity index is 2.28. The zero-order valence-electron chi connectivity index (χ0n) is 11.1. The van der Waals surface area contributed by atoms with Gasteiger partial charge in [0.25, 0.3) is 0 Å². The summed E-state index contributed by atoms with van der Waals surface area (Å²) in [5.41, 5.74) is 3.50. The lowest BCUT2D eigenvalue weighted by atomic mass is 9.75.